The zero-order chi connectivity index (χ0) is 14.3. The van der Waals surface area contributed by atoms with Crippen molar-refractivity contribution in [2.45, 2.75) is 6.92 Å². The number of nitriles is 1. The van der Waals surface area contributed by atoms with Gasteiger partial charge < -0.3 is 15.8 Å². The van der Waals surface area contributed by atoms with Crippen LogP contribution in [0.4, 0.5) is 5.69 Å². The van der Waals surface area contributed by atoms with Crippen molar-refractivity contribution in [3.63, 3.8) is 0 Å². The number of nitrogens with one attached hydrogen (secondary N) is 1. The zero-order valence-electron chi connectivity index (χ0n) is 10.3. The largest absolute Gasteiger partial charge is 0.462 e. The Hall–Kier alpha value is -2.81. The van der Waals surface area contributed by atoms with E-state index in [1.165, 1.54) is 12.3 Å². The Balaban J connectivity index is 2.84. The molecule has 0 spiro atoms. The second-order valence-electron chi connectivity index (χ2n) is 3.48. The van der Waals surface area contributed by atoms with Gasteiger partial charge in [-0.25, -0.2) is 4.79 Å². The number of hydrogen-bond donors (Lipinski definition) is 2. The fourth-order valence-electron chi connectivity index (χ4n) is 1.26. The molecule has 0 saturated carbocycles. The lowest BCUT2D eigenvalue weighted by Crippen LogP contribution is -2.11. The smallest absolute Gasteiger partial charge is 0.350 e. The van der Waals surface area contributed by atoms with Gasteiger partial charge in [-0.2, -0.15) is 5.26 Å². The highest BCUT2D eigenvalue weighted by atomic mass is 16.5. The minimum atomic E-state index is -0.705. The van der Waals surface area contributed by atoms with Crippen molar-refractivity contribution in [2.75, 3.05) is 11.9 Å². The summed E-state index contributed by atoms with van der Waals surface area (Å²) in [6.07, 6.45) is 1.22. The summed E-state index contributed by atoms with van der Waals surface area (Å²) in [5.41, 5.74) is 5.85. The number of nitrogens with two attached hydrogens (primary N) is 1. The number of primary amides is 1. The molecule has 0 bridgehead atoms. The Morgan fingerprint density at radius 3 is 2.84 bits per heavy atom. The number of carbonyl (C=O) groups is 2. The van der Waals surface area contributed by atoms with Crippen LogP contribution in [0.2, 0.25) is 0 Å². The van der Waals surface area contributed by atoms with E-state index in [2.05, 4.69) is 5.32 Å². The Kier molecular flexibility index (Phi) is 5.11. The second-order valence-corrected chi connectivity index (χ2v) is 3.48. The fraction of sp³-hybridized carbons (Fsp3) is 0.154. The van der Waals surface area contributed by atoms with Crippen LogP contribution in [0.25, 0.3) is 0 Å². The van der Waals surface area contributed by atoms with Gasteiger partial charge in [0, 0.05) is 17.5 Å². The maximum atomic E-state index is 11.3. The molecule has 98 valence electrons. The predicted molar refractivity (Wildman–Crippen MR) is 68.9 cm³/mol. The molecule has 0 aliphatic heterocycles. The number of anilines is 1. The van der Waals surface area contributed by atoms with E-state index in [0.717, 1.165) is 0 Å². The number of ether oxygens (including phenoxy) is 1. The molecular formula is C13H13N3O3. The molecule has 1 aromatic carbocycles. The van der Waals surface area contributed by atoms with Gasteiger partial charge in [0.1, 0.15) is 6.07 Å². The van der Waals surface area contributed by atoms with E-state index in [1.54, 1.807) is 31.2 Å². The molecule has 1 rings (SSSR count). The average molecular weight is 259 g/mol. The number of benzene rings is 1. The molecule has 19 heavy (non-hydrogen) atoms. The summed E-state index contributed by atoms with van der Waals surface area (Å²) in [6.45, 7) is 1.84. The molecule has 0 aliphatic carbocycles. The Morgan fingerprint density at radius 1 is 1.53 bits per heavy atom. The van der Waals surface area contributed by atoms with E-state index >= 15 is 0 Å². The monoisotopic (exact) mass is 259 g/mol. The van der Waals surface area contributed by atoms with Crippen LogP contribution in [0.15, 0.2) is 36.0 Å². The highest BCUT2D eigenvalue weighted by molar-refractivity contribution is 5.94. The molecule has 1 aromatic rings. The van der Waals surface area contributed by atoms with Crippen molar-refractivity contribution in [2.24, 2.45) is 5.73 Å². The van der Waals surface area contributed by atoms with E-state index < -0.39 is 11.9 Å². The highest BCUT2D eigenvalue weighted by Crippen LogP contribution is 2.11. The molecule has 0 fully saturated rings. The number of nitrogens with zero attached hydrogens (tertiary/aromatic N) is 1. The standard InChI is InChI=1S/C13H13N3O3/c1-2-19-13(18)10(7-14)8-16-11-5-3-4-9(6-11)12(15)17/h3-6,8,16H,2H2,1H3,(H2,15,17)/b10-8-. The molecule has 0 aromatic heterocycles. The summed E-state index contributed by atoms with van der Waals surface area (Å²) in [6, 6.07) is 8.10. The topological polar surface area (TPSA) is 105 Å². The molecule has 0 heterocycles. The van der Waals surface area contributed by atoms with E-state index in [-0.39, 0.29) is 12.2 Å². The molecule has 0 saturated heterocycles. The number of amides is 1. The molecular weight excluding hydrogens is 246 g/mol. The minimum Gasteiger partial charge on any atom is -0.462 e. The first-order valence-electron chi connectivity index (χ1n) is 5.52. The normalized spacial score (nSPS) is 10.4. The van der Waals surface area contributed by atoms with E-state index in [9.17, 15) is 9.59 Å². The molecule has 0 aliphatic rings. The first kappa shape index (κ1) is 14.3. The van der Waals surface area contributed by atoms with Gasteiger partial charge in [0.25, 0.3) is 0 Å². The lowest BCUT2D eigenvalue weighted by atomic mass is 10.2. The van der Waals surface area contributed by atoms with Gasteiger partial charge >= 0.3 is 5.97 Å². The van der Waals surface area contributed by atoms with Crippen molar-refractivity contribution >= 4 is 17.6 Å². The van der Waals surface area contributed by atoms with Crippen molar-refractivity contribution in [1.82, 2.24) is 0 Å². The molecule has 0 unspecified atom stereocenters. The van der Waals surface area contributed by atoms with Crippen LogP contribution in [0, 0.1) is 11.3 Å². The van der Waals surface area contributed by atoms with E-state index in [4.69, 9.17) is 15.7 Å². The van der Waals surface area contributed by atoms with Crippen molar-refractivity contribution < 1.29 is 14.3 Å². The molecule has 6 nitrogen and oxygen atoms in total. The maximum Gasteiger partial charge on any atom is 0.350 e. The van der Waals surface area contributed by atoms with E-state index in [1.807, 2.05) is 0 Å². The van der Waals surface area contributed by atoms with Gasteiger partial charge in [-0.05, 0) is 25.1 Å². The van der Waals surface area contributed by atoms with Crippen molar-refractivity contribution in [1.29, 1.82) is 5.26 Å². The zero-order valence-corrected chi connectivity index (χ0v) is 10.3. The first-order valence-corrected chi connectivity index (χ1v) is 5.52. The molecule has 1 amide bonds. The third-order valence-corrected chi connectivity index (χ3v) is 2.15. The van der Waals surface area contributed by atoms with Crippen LogP contribution < -0.4 is 11.1 Å². The Morgan fingerprint density at radius 2 is 2.26 bits per heavy atom. The van der Waals surface area contributed by atoms with Crippen LogP contribution in [-0.4, -0.2) is 18.5 Å². The van der Waals surface area contributed by atoms with Crippen LogP contribution in [0.3, 0.4) is 0 Å². The van der Waals surface area contributed by atoms with Crippen molar-refractivity contribution in [3.8, 4) is 6.07 Å². The molecule has 0 atom stereocenters. The second kappa shape index (κ2) is 6.81. The quantitative estimate of drug-likeness (QED) is 0.469. The Labute approximate surface area is 110 Å². The lowest BCUT2D eigenvalue weighted by Gasteiger charge is -2.04. The summed E-state index contributed by atoms with van der Waals surface area (Å²) in [7, 11) is 0. The molecule has 3 N–H and O–H groups in total. The fourth-order valence-corrected chi connectivity index (χ4v) is 1.26. The summed E-state index contributed by atoms with van der Waals surface area (Å²) in [5.74, 6) is -1.26. The van der Waals surface area contributed by atoms with Crippen LogP contribution >= 0.6 is 0 Å². The number of carbonyl (C=O) groups excluding carboxylic acids is 2. The average Bonchev–Trinajstić information content (AvgIpc) is 2.40. The van der Waals surface area contributed by atoms with Crippen LogP contribution in [0.5, 0.6) is 0 Å². The minimum absolute atomic E-state index is 0.161. The van der Waals surface area contributed by atoms with Gasteiger partial charge in [0.2, 0.25) is 5.91 Å². The van der Waals surface area contributed by atoms with Crippen LogP contribution in [-0.2, 0) is 9.53 Å². The Bertz CT molecular complexity index is 558. The highest BCUT2D eigenvalue weighted by Gasteiger charge is 2.09. The SMILES string of the molecule is CCOC(=O)/C(C#N)=C\Nc1cccc(C(N)=O)c1. The number of hydrogen-bond acceptors (Lipinski definition) is 5. The summed E-state index contributed by atoms with van der Waals surface area (Å²) in [4.78, 5) is 22.3. The van der Waals surface area contributed by atoms with Gasteiger partial charge in [0.05, 0.1) is 6.61 Å². The third kappa shape index (κ3) is 4.16. The summed E-state index contributed by atoms with van der Waals surface area (Å²) >= 11 is 0. The summed E-state index contributed by atoms with van der Waals surface area (Å²) < 4.78 is 4.70. The first-order chi connectivity index (χ1) is 9.08. The van der Waals surface area contributed by atoms with Gasteiger partial charge in [-0.3, -0.25) is 4.79 Å². The lowest BCUT2D eigenvalue weighted by molar-refractivity contribution is -0.138. The summed E-state index contributed by atoms with van der Waals surface area (Å²) in [5, 5.41) is 11.5. The van der Waals surface area contributed by atoms with Crippen molar-refractivity contribution in [3.05, 3.63) is 41.6 Å². The molecule has 6 heteroatoms. The maximum absolute atomic E-state index is 11.3. The van der Waals surface area contributed by atoms with Gasteiger partial charge in [0.15, 0.2) is 5.57 Å². The predicted octanol–water partition coefficient (Wildman–Crippen LogP) is 1.17. The third-order valence-electron chi connectivity index (χ3n) is 2.15. The molecule has 0 radical (unpaired) electrons. The van der Waals surface area contributed by atoms with Gasteiger partial charge in [-0.15, -0.1) is 0 Å². The van der Waals surface area contributed by atoms with Gasteiger partial charge in [-0.1, -0.05) is 6.07 Å². The van der Waals surface area contributed by atoms with E-state index in [0.29, 0.717) is 11.3 Å². The number of esters is 1. The number of rotatable bonds is 5. The van der Waals surface area contributed by atoms with Crippen LogP contribution in [0.1, 0.15) is 17.3 Å².